The zero-order chi connectivity index (χ0) is 54.2. The normalized spacial score (nSPS) is 15.9. The molecule has 1 saturated heterocycles. The Morgan fingerprint density at radius 2 is 1.01 bits per heavy atom. The molecule has 25 nitrogen and oxygen atoms in total. The SMILES string of the molecule is CC(C)C[C@H](NC(=O)[C@H](Cc1ccccc1)NC(=O)[C@@H](C)N)C(=O)N[C@@H](Cc1ccccc1)C(=O)N[C@@H](CCCN=C(N)N)C(=O)N1CCC[C@H]1C(=O)N[C@@H](CCCN=C(N)N)C(=O)N[C@@H](CC(N)=O)C(N)=O. The Morgan fingerprint density at radius 3 is 1.48 bits per heavy atom. The third-order valence-electron chi connectivity index (χ3n) is 11.6. The van der Waals surface area contributed by atoms with Gasteiger partial charge < -0.3 is 76.9 Å². The van der Waals surface area contributed by atoms with Crippen LogP contribution in [0.2, 0.25) is 0 Å². The Labute approximate surface area is 424 Å². The number of amides is 9. The van der Waals surface area contributed by atoms with E-state index in [-0.39, 0.29) is 88.8 Å². The molecule has 8 atom stereocenters. The van der Waals surface area contributed by atoms with Crippen LogP contribution in [0.15, 0.2) is 70.6 Å². The third kappa shape index (κ3) is 21.2. The lowest BCUT2D eigenvalue weighted by Crippen LogP contribution is -2.60. The van der Waals surface area contributed by atoms with Crippen molar-refractivity contribution in [2.24, 2.45) is 56.0 Å². The van der Waals surface area contributed by atoms with Crippen LogP contribution in [-0.2, 0) is 56.0 Å². The van der Waals surface area contributed by atoms with Gasteiger partial charge in [0.2, 0.25) is 53.2 Å². The van der Waals surface area contributed by atoms with E-state index in [2.05, 4.69) is 41.9 Å². The average molecular weight is 1020 g/mol. The first-order valence-electron chi connectivity index (χ1n) is 24.2. The quantitative estimate of drug-likeness (QED) is 0.0203. The summed E-state index contributed by atoms with van der Waals surface area (Å²) in [5.74, 6) is -7.48. The van der Waals surface area contributed by atoms with Crippen molar-refractivity contribution in [1.29, 1.82) is 0 Å². The number of primary amides is 2. The summed E-state index contributed by atoms with van der Waals surface area (Å²) >= 11 is 0. The molecule has 0 aliphatic carbocycles. The molecule has 0 spiro atoms. The lowest BCUT2D eigenvalue weighted by molar-refractivity contribution is -0.142. The zero-order valence-electron chi connectivity index (χ0n) is 41.7. The topological polar surface area (TPSA) is 436 Å². The van der Waals surface area contributed by atoms with Gasteiger partial charge in [-0.05, 0) is 68.9 Å². The van der Waals surface area contributed by atoms with Gasteiger partial charge in [0.1, 0.15) is 42.3 Å². The maximum absolute atomic E-state index is 14.7. The largest absolute Gasteiger partial charge is 0.370 e. The summed E-state index contributed by atoms with van der Waals surface area (Å²) in [6, 6.07) is 7.95. The Hall–Kier alpha value is -7.83. The van der Waals surface area contributed by atoms with Crippen LogP contribution >= 0.6 is 0 Å². The first-order chi connectivity index (χ1) is 34.6. The van der Waals surface area contributed by atoms with Crippen molar-refractivity contribution in [2.75, 3.05) is 19.6 Å². The number of carbonyl (C=O) groups is 9. The van der Waals surface area contributed by atoms with Crippen molar-refractivity contribution in [3.8, 4) is 0 Å². The number of nitrogens with one attached hydrogen (secondary N) is 6. The minimum Gasteiger partial charge on any atom is -0.370 e. The van der Waals surface area contributed by atoms with Gasteiger partial charge in [-0.3, -0.25) is 53.1 Å². The van der Waals surface area contributed by atoms with Crippen LogP contribution in [0.5, 0.6) is 0 Å². The van der Waals surface area contributed by atoms with Crippen molar-refractivity contribution in [3.63, 3.8) is 0 Å². The maximum Gasteiger partial charge on any atom is 0.245 e. The number of nitrogens with two attached hydrogens (primary N) is 7. The number of benzene rings is 2. The van der Waals surface area contributed by atoms with E-state index in [9.17, 15) is 43.2 Å². The second-order valence-corrected chi connectivity index (χ2v) is 18.3. The van der Waals surface area contributed by atoms with E-state index in [0.717, 1.165) is 5.56 Å². The molecule has 3 rings (SSSR count). The molecule has 1 aliphatic rings. The summed E-state index contributed by atoms with van der Waals surface area (Å²) in [4.78, 5) is 131. The first-order valence-corrected chi connectivity index (χ1v) is 24.2. The fourth-order valence-corrected chi connectivity index (χ4v) is 7.94. The molecule has 20 N–H and O–H groups in total. The Morgan fingerprint density at radius 1 is 0.575 bits per heavy atom. The number of likely N-dealkylation sites (tertiary alicyclic amines) is 1. The van der Waals surface area contributed by atoms with Crippen LogP contribution in [0.25, 0.3) is 0 Å². The molecule has 9 amide bonds. The molecule has 0 unspecified atom stereocenters. The molecule has 0 bridgehead atoms. The summed E-state index contributed by atoms with van der Waals surface area (Å²) < 4.78 is 0. The summed E-state index contributed by atoms with van der Waals surface area (Å²) in [6.07, 6.45) is 0.392. The summed E-state index contributed by atoms with van der Waals surface area (Å²) in [5.41, 5.74) is 39.9. The molecule has 73 heavy (non-hydrogen) atoms. The first kappa shape index (κ1) is 59.5. The number of nitrogens with zero attached hydrogens (tertiary/aromatic N) is 3. The lowest BCUT2D eigenvalue weighted by atomic mass is 9.99. The van der Waals surface area contributed by atoms with E-state index < -0.39 is 108 Å². The molecule has 1 aliphatic heterocycles. The highest BCUT2D eigenvalue weighted by molar-refractivity contribution is 5.98. The molecule has 2 aromatic carbocycles. The van der Waals surface area contributed by atoms with Crippen molar-refractivity contribution < 1.29 is 43.2 Å². The van der Waals surface area contributed by atoms with Crippen LogP contribution in [0.4, 0.5) is 0 Å². The standard InChI is InChI=1S/C48H74N16O9/c1-27(2)23-34(62-44(71)35(61-40(67)28(3)49)24-29-13-6-4-7-14-29)42(69)63-36(25-30-15-8-5-9-16-30)43(70)59-32(18-11-21-57-48(54)55)46(73)64-22-12-19-37(64)45(72)58-31(17-10-20-56-47(52)53)41(68)60-33(39(51)66)26-38(50)65/h4-9,13-16,27-28,31-37H,10-12,17-26,49H2,1-3H3,(H2,50,65)(H2,51,66)(H,58,72)(H,59,70)(H,60,68)(H,61,67)(H,62,71)(H,63,69)(H4,52,53,56)(H4,54,55,57)/t28-,31+,32+,33+,34+,35+,36+,37+/m1/s1. The van der Waals surface area contributed by atoms with E-state index >= 15 is 0 Å². The van der Waals surface area contributed by atoms with E-state index in [1.54, 1.807) is 54.6 Å². The van der Waals surface area contributed by atoms with Gasteiger partial charge >= 0.3 is 0 Å². The summed E-state index contributed by atoms with van der Waals surface area (Å²) in [6.45, 7) is 5.39. The van der Waals surface area contributed by atoms with Crippen LogP contribution < -0.4 is 72.0 Å². The van der Waals surface area contributed by atoms with Crippen LogP contribution in [0.3, 0.4) is 0 Å². The molecule has 0 radical (unpaired) electrons. The Balaban J connectivity index is 1.95. The third-order valence-corrected chi connectivity index (χ3v) is 11.6. The molecule has 1 fully saturated rings. The lowest BCUT2D eigenvalue weighted by Gasteiger charge is -2.31. The zero-order valence-corrected chi connectivity index (χ0v) is 41.7. The number of rotatable bonds is 30. The highest BCUT2D eigenvalue weighted by atomic mass is 16.2. The Bertz CT molecular complexity index is 2260. The van der Waals surface area contributed by atoms with E-state index in [0.29, 0.717) is 12.0 Å². The fourth-order valence-electron chi connectivity index (χ4n) is 7.94. The van der Waals surface area contributed by atoms with Gasteiger partial charge in [-0.2, -0.15) is 0 Å². The van der Waals surface area contributed by atoms with Crippen molar-refractivity contribution in [3.05, 3.63) is 71.8 Å². The smallest absolute Gasteiger partial charge is 0.245 e. The number of guanidine groups is 2. The molecule has 2 aromatic rings. The van der Waals surface area contributed by atoms with Crippen molar-refractivity contribution >= 4 is 65.1 Å². The number of aliphatic imine (C=N–C) groups is 2. The summed E-state index contributed by atoms with van der Waals surface area (Å²) in [5, 5.41) is 16.1. The van der Waals surface area contributed by atoms with Crippen LogP contribution in [0, 0.1) is 5.92 Å². The van der Waals surface area contributed by atoms with Crippen LogP contribution in [-0.4, -0.2) is 138 Å². The highest BCUT2D eigenvalue weighted by Gasteiger charge is 2.40. The maximum atomic E-state index is 14.7. The van der Waals surface area contributed by atoms with Crippen molar-refractivity contribution in [2.45, 2.75) is 133 Å². The Kier molecular flexibility index (Phi) is 24.6. The molecular weight excluding hydrogens is 945 g/mol. The molecule has 1 heterocycles. The second kappa shape index (κ2) is 30.1. The van der Waals surface area contributed by atoms with Crippen LogP contribution in [0.1, 0.15) is 83.3 Å². The molecule has 0 saturated carbocycles. The number of carbonyl (C=O) groups excluding carboxylic acids is 9. The van der Waals surface area contributed by atoms with E-state index in [4.69, 9.17) is 40.1 Å². The van der Waals surface area contributed by atoms with Gasteiger partial charge in [0.15, 0.2) is 11.9 Å². The monoisotopic (exact) mass is 1020 g/mol. The van der Waals surface area contributed by atoms with Gasteiger partial charge in [-0.15, -0.1) is 0 Å². The predicted molar refractivity (Wildman–Crippen MR) is 273 cm³/mol. The summed E-state index contributed by atoms with van der Waals surface area (Å²) in [7, 11) is 0. The average Bonchev–Trinajstić information content (AvgIpc) is 3.83. The second-order valence-electron chi connectivity index (χ2n) is 18.3. The minimum absolute atomic E-state index is 0.0235. The van der Waals surface area contributed by atoms with E-state index in [1.165, 1.54) is 11.8 Å². The molecule has 0 aromatic heterocycles. The number of hydrogen-bond acceptors (Lipinski definition) is 12. The number of hydrogen-bond donors (Lipinski definition) is 13. The highest BCUT2D eigenvalue weighted by Crippen LogP contribution is 2.21. The van der Waals surface area contributed by atoms with Gasteiger partial charge in [0, 0.05) is 32.5 Å². The van der Waals surface area contributed by atoms with E-state index in [1.807, 2.05) is 19.9 Å². The molecular formula is C48H74N16O9. The molecule has 25 heteroatoms. The van der Waals surface area contributed by atoms with Gasteiger partial charge in [-0.25, -0.2) is 0 Å². The minimum atomic E-state index is -1.48. The van der Waals surface area contributed by atoms with Gasteiger partial charge in [0.05, 0.1) is 12.5 Å². The predicted octanol–water partition coefficient (Wildman–Crippen LogP) is -3.77. The fraction of sp³-hybridized carbons (Fsp3) is 0.521. The van der Waals surface area contributed by atoms with Crippen molar-refractivity contribution in [1.82, 2.24) is 36.8 Å². The van der Waals surface area contributed by atoms with Gasteiger partial charge in [-0.1, -0.05) is 74.5 Å². The molecule has 400 valence electrons. The van der Waals surface area contributed by atoms with Gasteiger partial charge in [0.25, 0.3) is 0 Å².